The van der Waals surface area contributed by atoms with Crippen LogP contribution in [0.25, 0.3) is 0 Å². The van der Waals surface area contributed by atoms with Gasteiger partial charge in [-0.25, -0.2) is 27.2 Å². The fourth-order valence-corrected chi connectivity index (χ4v) is 1.90. The zero-order valence-electron chi connectivity index (χ0n) is 13.9. The standard InChI is InChI=1S/2C9H8F2O2/c1-13-9(12)7-4-2-3-6(5-7)8(10)11;1-13-9(12)7-5-3-2-4-6(7)8(10)11/h2*2-5,8H,1H3. The molecular formula is C18H16F4O4. The summed E-state index contributed by atoms with van der Waals surface area (Å²) < 4.78 is 57.7. The number of hydrogen-bond donors (Lipinski definition) is 0. The first kappa shape index (κ1) is 21.1. The molecule has 26 heavy (non-hydrogen) atoms. The minimum absolute atomic E-state index is 0.0833. The van der Waals surface area contributed by atoms with E-state index >= 15 is 0 Å². The predicted octanol–water partition coefficient (Wildman–Crippen LogP) is 4.82. The molecule has 0 saturated heterocycles. The van der Waals surface area contributed by atoms with Crippen LogP contribution in [0.15, 0.2) is 48.5 Å². The van der Waals surface area contributed by atoms with Crippen molar-refractivity contribution in [2.75, 3.05) is 14.2 Å². The molecule has 140 valence electrons. The molecule has 0 saturated carbocycles. The minimum Gasteiger partial charge on any atom is -0.465 e. The van der Waals surface area contributed by atoms with Gasteiger partial charge >= 0.3 is 11.9 Å². The lowest BCUT2D eigenvalue weighted by molar-refractivity contribution is 0.0585. The first-order valence-corrected chi connectivity index (χ1v) is 7.23. The highest BCUT2D eigenvalue weighted by Crippen LogP contribution is 2.23. The van der Waals surface area contributed by atoms with Crippen molar-refractivity contribution in [2.45, 2.75) is 12.9 Å². The molecular weight excluding hydrogens is 356 g/mol. The molecule has 0 aliphatic carbocycles. The summed E-state index contributed by atoms with van der Waals surface area (Å²) >= 11 is 0. The molecule has 2 aromatic rings. The molecule has 2 rings (SSSR count). The molecule has 0 atom stereocenters. The van der Waals surface area contributed by atoms with Gasteiger partial charge in [0.15, 0.2) is 0 Å². The maximum Gasteiger partial charge on any atom is 0.338 e. The zero-order valence-corrected chi connectivity index (χ0v) is 13.9. The van der Waals surface area contributed by atoms with Crippen LogP contribution in [-0.2, 0) is 9.47 Å². The van der Waals surface area contributed by atoms with Gasteiger partial charge in [0, 0.05) is 11.1 Å². The van der Waals surface area contributed by atoms with E-state index in [0.29, 0.717) is 0 Å². The maximum atomic E-state index is 12.3. The van der Waals surface area contributed by atoms with Crippen LogP contribution in [0.1, 0.15) is 44.7 Å². The second-order valence-corrected chi connectivity index (χ2v) is 4.80. The van der Waals surface area contributed by atoms with Crippen LogP contribution < -0.4 is 0 Å². The largest absolute Gasteiger partial charge is 0.465 e. The highest BCUT2D eigenvalue weighted by molar-refractivity contribution is 5.91. The maximum absolute atomic E-state index is 12.3. The lowest BCUT2D eigenvalue weighted by atomic mass is 10.1. The number of hydrogen-bond acceptors (Lipinski definition) is 4. The number of alkyl halides is 4. The van der Waals surface area contributed by atoms with Crippen LogP contribution >= 0.6 is 0 Å². The molecule has 0 bridgehead atoms. The SMILES string of the molecule is COC(=O)c1cccc(C(F)F)c1.COC(=O)c1ccccc1C(F)F. The molecule has 8 heteroatoms. The lowest BCUT2D eigenvalue weighted by Crippen LogP contribution is -2.05. The van der Waals surface area contributed by atoms with E-state index < -0.39 is 24.8 Å². The number of benzene rings is 2. The summed E-state index contributed by atoms with van der Waals surface area (Å²) in [7, 11) is 2.36. The molecule has 0 spiro atoms. The molecule has 4 nitrogen and oxygen atoms in total. The van der Waals surface area contributed by atoms with Gasteiger partial charge in [-0.15, -0.1) is 0 Å². The fourth-order valence-electron chi connectivity index (χ4n) is 1.90. The van der Waals surface area contributed by atoms with Crippen molar-refractivity contribution in [2.24, 2.45) is 0 Å². The summed E-state index contributed by atoms with van der Waals surface area (Å²) in [4.78, 5) is 21.9. The van der Waals surface area contributed by atoms with Gasteiger partial charge in [0.25, 0.3) is 12.9 Å². The molecule has 0 amide bonds. The molecule has 0 aliphatic heterocycles. The van der Waals surface area contributed by atoms with Crippen LogP contribution in [0.2, 0.25) is 0 Å². The summed E-state index contributed by atoms with van der Waals surface area (Å²) in [6.07, 6.45) is -5.22. The Morgan fingerprint density at radius 1 is 0.808 bits per heavy atom. The highest BCUT2D eigenvalue weighted by Gasteiger charge is 2.17. The van der Waals surface area contributed by atoms with Crippen molar-refractivity contribution in [1.82, 2.24) is 0 Å². The van der Waals surface area contributed by atoms with Gasteiger partial charge in [-0.05, 0) is 18.2 Å². The molecule has 0 fully saturated rings. The van der Waals surface area contributed by atoms with Crippen LogP contribution in [0.3, 0.4) is 0 Å². The Morgan fingerprint density at radius 2 is 1.42 bits per heavy atom. The third kappa shape index (κ3) is 5.87. The van der Waals surface area contributed by atoms with E-state index in [1.54, 1.807) is 0 Å². The smallest absolute Gasteiger partial charge is 0.338 e. The van der Waals surface area contributed by atoms with E-state index in [1.807, 2.05) is 0 Å². The number of halogens is 4. The van der Waals surface area contributed by atoms with Crippen LogP contribution in [0, 0.1) is 0 Å². The van der Waals surface area contributed by atoms with Gasteiger partial charge in [0.05, 0.1) is 25.3 Å². The zero-order chi connectivity index (χ0) is 19.7. The lowest BCUT2D eigenvalue weighted by Gasteiger charge is -2.05. The topological polar surface area (TPSA) is 52.6 Å². The summed E-state index contributed by atoms with van der Waals surface area (Å²) in [6.45, 7) is 0. The molecule has 0 radical (unpaired) electrons. The van der Waals surface area contributed by atoms with E-state index in [1.165, 1.54) is 49.6 Å². The van der Waals surface area contributed by atoms with Crippen molar-refractivity contribution in [3.05, 3.63) is 70.8 Å². The van der Waals surface area contributed by atoms with Crippen LogP contribution in [-0.4, -0.2) is 26.2 Å². The number of methoxy groups -OCH3 is 2. The van der Waals surface area contributed by atoms with Crippen molar-refractivity contribution in [3.8, 4) is 0 Å². The Bertz CT molecular complexity index is 747. The third-order valence-corrected chi connectivity index (χ3v) is 3.16. The summed E-state index contributed by atoms with van der Waals surface area (Å²) in [5, 5.41) is 0. The second kappa shape index (κ2) is 10.2. The van der Waals surface area contributed by atoms with Gasteiger partial charge in [-0.1, -0.05) is 30.3 Å². The van der Waals surface area contributed by atoms with Crippen molar-refractivity contribution < 1.29 is 36.6 Å². The molecule has 2 aromatic carbocycles. The highest BCUT2D eigenvalue weighted by atomic mass is 19.3. The average Bonchev–Trinajstić information content (AvgIpc) is 2.67. The molecule has 0 heterocycles. The summed E-state index contributed by atoms with van der Waals surface area (Å²) in [5.41, 5.74) is -0.419. The third-order valence-electron chi connectivity index (χ3n) is 3.16. The molecule has 0 aliphatic rings. The first-order chi connectivity index (χ1) is 12.3. The van der Waals surface area contributed by atoms with Gasteiger partial charge < -0.3 is 9.47 Å². The minimum atomic E-state index is -2.66. The summed E-state index contributed by atoms with van der Waals surface area (Å²) in [6, 6.07) is 10.7. The Hall–Kier alpha value is -2.90. The number of carbonyl (C=O) groups is 2. The Labute approximate surface area is 147 Å². The van der Waals surface area contributed by atoms with Gasteiger partial charge in [0.2, 0.25) is 0 Å². The van der Waals surface area contributed by atoms with Gasteiger partial charge in [0.1, 0.15) is 0 Å². The van der Waals surface area contributed by atoms with E-state index in [4.69, 9.17) is 0 Å². The molecule has 0 unspecified atom stereocenters. The number of carbonyl (C=O) groups excluding carboxylic acids is 2. The normalized spacial score (nSPS) is 10.2. The van der Waals surface area contributed by atoms with E-state index in [0.717, 1.165) is 13.2 Å². The average molecular weight is 372 g/mol. The Kier molecular flexibility index (Phi) is 8.27. The van der Waals surface area contributed by atoms with E-state index in [9.17, 15) is 27.2 Å². The van der Waals surface area contributed by atoms with Crippen LogP contribution in [0.5, 0.6) is 0 Å². The van der Waals surface area contributed by atoms with E-state index in [2.05, 4.69) is 9.47 Å². The molecule has 0 aromatic heterocycles. The second-order valence-electron chi connectivity index (χ2n) is 4.80. The molecule has 0 N–H and O–H groups in total. The monoisotopic (exact) mass is 372 g/mol. The quantitative estimate of drug-likeness (QED) is 0.570. The van der Waals surface area contributed by atoms with E-state index in [-0.39, 0.29) is 22.3 Å². The Balaban J connectivity index is 0.000000260. The predicted molar refractivity (Wildman–Crippen MR) is 85.5 cm³/mol. The van der Waals surface area contributed by atoms with Crippen molar-refractivity contribution in [3.63, 3.8) is 0 Å². The fraction of sp³-hybridized carbons (Fsp3) is 0.222. The van der Waals surface area contributed by atoms with Crippen molar-refractivity contribution >= 4 is 11.9 Å². The van der Waals surface area contributed by atoms with Crippen molar-refractivity contribution in [1.29, 1.82) is 0 Å². The number of esters is 2. The first-order valence-electron chi connectivity index (χ1n) is 7.23. The summed E-state index contributed by atoms with van der Waals surface area (Å²) in [5.74, 6) is -1.35. The van der Waals surface area contributed by atoms with Crippen LogP contribution in [0.4, 0.5) is 17.6 Å². The number of rotatable bonds is 4. The van der Waals surface area contributed by atoms with Gasteiger partial charge in [-0.3, -0.25) is 0 Å². The Morgan fingerprint density at radius 3 is 1.96 bits per heavy atom. The van der Waals surface area contributed by atoms with Gasteiger partial charge in [-0.2, -0.15) is 0 Å². The number of ether oxygens (including phenoxy) is 2.